The summed E-state index contributed by atoms with van der Waals surface area (Å²) in [5.74, 6) is -2.39. The van der Waals surface area contributed by atoms with Crippen LogP contribution in [-0.2, 0) is 11.3 Å². The Morgan fingerprint density at radius 1 is 1.45 bits per heavy atom. The number of halogens is 2. The molecule has 2 rings (SSSR count). The summed E-state index contributed by atoms with van der Waals surface area (Å²) >= 11 is 3.16. The third-order valence-corrected chi connectivity index (χ3v) is 2.74. The maximum Gasteiger partial charge on any atom is 0.325 e. The first-order valence-electron chi connectivity index (χ1n) is 5.34. The van der Waals surface area contributed by atoms with E-state index in [0.717, 1.165) is 4.68 Å². The second kappa shape index (κ2) is 5.78. The van der Waals surface area contributed by atoms with E-state index in [1.54, 1.807) is 0 Å². The smallest absolute Gasteiger partial charge is 0.325 e. The highest BCUT2D eigenvalue weighted by Crippen LogP contribution is 2.20. The molecular weight excluding hydrogens is 335 g/mol. The number of aromatic nitrogens is 3. The lowest BCUT2D eigenvalue weighted by molar-refractivity contribution is -0.137. The van der Waals surface area contributed by atoms with Gasteiger partial charge in [0, 0.05) is 4.47 Å². The summed E-state index contributed by atoms with van der Waals surface area (Å²) in [4.78, 5) is 22.3. The molecule has 1 heterocycles. The molecule has 2 aromatic rings. The van der Waals surface area contributed by atoms with Crippen molar-refractivity contribution in [2.75, 3.05) is 5.32 Å². The van der Waals surface area contributed by atoms with Crippen molar-refractivity contribution in [1.29, 1.82) is 0 Å². The van der Waals surface area contributed by atoms with Gasteiger partial charge in [0.15, 0.2) is 5.69 Å². The van der Waals surface area contributed by atoms with Crippen LogP contribution in [-0.4, -0.2) is 32.0 Å². The van der Waals surface area contributed by atoms with E-state index < -0.39 is 24.2 Å². The van der Waals surface area contributed by atoms with Crippen molar-refractivity contribution in [3.8, 4) is 0 Å². The Morgan fingerprint density at radius 3 is 2.90 bits per heavy atom. The first-order chi connectivity index (χ1) is 9.45. The van der Waals surface area contributed by atoms with Crippen molar-refractivity contribution >= 4 is 33.5 Å². The molecule has 0 saturated heterocycles. The van der Waals surface area contributed by atoms with E-state index in [1.807, 2.05) is 0 Å². The zero-order valence-electron chi connectivity index (χ0n) is 9.88. The number of hydrogen-bond acceptors (Lipinski definition) is 4. The molecule has 104 valence electrons. The standard InChI is InChI=1S/C11H8BrFN4O3/c12-6-1-2-7(13)8(3-6)14-11(20)9-4-17(16-15-9)5-10(18)19/h1-4H,5H2,(H,14,20)(H,18,19). The van der Waals surface area contributed by atoms with Gasteiger partial charge >= 0.3 is 5.97 Å². The number of aliphatic carboxylic acids is 1. The Bertz CT molecular complexity index is 673. The Morgan fingerprint density at radius 2 is 2.20 bits per heavy atom. The number of carbonyl (C=O) groups is 2. The summed E-state index contributed by atoms with van der Waals surface area (Å²) in [5.41, 5.74) is -0.122. The third-order valence-electron chi connectivity index (χ3n) is 2.25. The molecule has 20 heavy (non-hydrogen) atoms. The second-order valence-electron chi connectivity index (χ2n) is 3.77. The summed E-state index contributed by atoms with van der Waals surface area (Å²) < 4.78 is 15.1. The zero-order chi connectivity index (χ0) is 14.7. The molecule has 2 N–H and O–H groups in total. The third kappa shape index (κ3) is 3.38. The SMILES string of the molecule is O=C(O)Cn1cc(C(=O)Nc2cc(Br)ccc2F)nn1. The lowest BCUT2D eigenvalue weighted by Crippen LogP contribution is -2.13. The first kappa shape index (κ1) is 14.1. The largest absolute Gasteiger partial charge is 0.480 e. The van der Waals surface area contributed by atoms with Gasteiger partial charge in [0.2, 0.25) is 0 Å². The van der Waals surface area contributed by atoms with Gasteiger partial charge in [0.25, 0.3) is 5.91 Å². The maximum atomic E-state index is 13.5. The quantitative estimate of drug-likeness (QED) is 0.877. The summed E-state index contributed by atoms with van der Waals surface area (Å²) in [6, 6.07) is 4.09. The molecule has 0 aliphatic carbocycles. The minimum absolute atomic E-state index is 0.0165. The minimum atomic E-state index is -1.11. The highest BCUT2D eigenvalue weighted by molar-refractivity contribution is 9.10. The van der Waals surface area contributed by atoms with Gasteiger partial charge in [-0.25, -0.2) is 9.07 Å². The number of benzene rings is 1. The average molecular weight is 343 g/mol. The number of carboxylic acids is 1. The van der Waals surface area contributed by atoms with Crippen LogP contribution in [0.25, 0.3) is 0 Å². The number of rotatable bonds is 4. The molecule has 0 unspecified atom stereocenters. The van der Waals surface area contributed by atoms with Crippen molar-refractivity contribution < 1.29 is 19.1 Å². The van der Waals surface area contributed by atoms with Crippen LogP contribution in [0.3, 0.4) is 0 Å². The Hall–Kier alpha value is -2.29. The molecule has 0 spiro atoms. The monoisotopic (exact) mass is 342 g/mol. The van der Waals surface area contributed by atoms with Crippen LogP contribution in [0.5, 0.6) is 0 Å². The van der Waals surface area contributed by atoms with Crippen molar-refractivity contribution in [3.63, 3.8) is 0 Å². The molecule has 1 amide bonds. The lowest BCUT2D eigenvalue weighted by atomic mass is 10.3. The highest BCUT2D eigenvalue weighted by Gasteiger charge is 2.14. The molecule has 0 fully saturated rings. The van der Waals surface area contributed by atoms with Gasteiger partial charge in [-0.15, -0.1) is 5.10 Å². The van der Waals surface area contributed by atoms with Gasteiger partial charge in [-0.1, -0.05) is 21.1 Å². The normalized spacial score (nSPS) is 10.3. The highest BCUT2D eigenvalue weighted by atomic mass is 79.9. The Kier molecular flexibility index (Phi) is 4.08. The van der Waals surface area contributed by atoms with Crippen molar-refractivity contribution in [2.24, 2.45) is 0 Å². The average Bonchev–Trinajstić information content (AvgIpc) is 2.81. The topological polar surface area (TPSA) is 97.1 Å². The van der Waals surface area contributed by atoms with Crippen LogP contribution >= 0.6 is 15.9 Å². The molecule has 1 aromatic carbocycles. The summed E-state index contributed by atoms with van der Waals surface area (Å²) in [6.45, 7) is -0.411. The lowest BCUT2D eigenvalue weighted by Gasteiger charge is -2.04. The van der Waals surface area contributed by atoms with Gasteiger partial charge < -0.3 is 10.4 Å². The molecule has 9 heteroatoms. The molecule has 7 nitrogen and oxygen atoms in total. The fourth-order valence-corrected chi connectivity index (χ4v) is 1.76. The van der Waals surface area contributed by atoms with Gasteiger partial charge in [0.1, 0.15) is 12.4 Å². The van der Waals surface area contributed by atoms with Crippen LogP contribution in [0, 0.1) is 5.82 Å². The van der Waals surface area contributed by atoms with E-state index in [1.165, 1.54) is 24.4 Å². The summed E-state index contributed by atoms with van der Waals surface area (Å²) in [7, 11) is 0. The fraction of sp³-hybridized carbons (Fsp3) is 0.0909. The van der Waals surface area contributed by atoms with E-state index in [9.17, 15) is 14.0 Å². The van der Waals surface area contributed by atoms with Crippen LogP contribution in [0.4, 0.5) is 10.1 Å². The van der Waals surface area contributed by atoms with Crippen molar-refractivity contribution in [1.82, 2.24) is 15.0 Å². The molecule has 0 atom stereocenters. The number of carboxylic acid groups (broad SMARTS) is 1. The van der Waals surface area contributed by atoms with E-state index in [-0.39, 0.29) is 11.4 Å². The molecule has 0 saturated carbocycles. The molecule has 1 aromatic heterocycles. The van der Waals surface area contributed by atoms with Crippen LogP contribution < -0.4 is 5.32 Å². The first-order valence-corrected chi connectivity index (χ1v) is 6.13. The summed E-state index contributed by atoms with van der Waals surface area (Å²) in [6.07, 6.45) is 1.17. The number of hydrogen-bond donors (Lipinski definition) is 2. The van der Waals surface area contributed by atoms with E-state index in [2.05, 4.69) is 31.6 Å². The van der Waals surface area contributed by atoms with E-state index >= 15 is 0 Å². The van der Waals surface area contributed by atoms with Crippen molar-refractivity contribution in [2.45, 2.75) is 6.54 Å². The van der Waals surface area contributed by atoms with Crippen molar-refractivity contribution in [3.05, 3.63) is 40.4 Å². The molecule has 0 bridgehead atoms. The number of nitrogens with one attached hydrogen (secondary N) is 1. The van der Waals surface area contributed by atoms with Gasteiger partial charge in [-0.3, -0.25) is 9.59 Å². The summed E-state index contributed by atoms with van der Waals surface area (Å²) in [5, 5.41) is 17.9. The number of nitrogens with zero attached hydrogens (tertiary/aromatic N) is 3. The van der Waals surface area contributed by atoms with Gasteiger partial charge in [-0.05, 0) is 18.2 Å². The molecule has 0 aliphatic heterocycles. The number of carbonyl (C=O) groups excluding carboxylic acids is 1. The Labute approximate surface area is 120 Å². The van der Waals surface area contributed by atoms with Gasteiger partial charge in [-0.2, -0.15) is 0 Å². The number of anilines is 1. The predicted molar refractivity (Wildman–Crippen MR) is 69.7 cm³/mol. The second-order valence-corrected chi connectivity index (χ2v) is 4.69. The number of amides is 1. The van der Waals surface area contributed by atoms with Crippen LogP contribution in [0.1, 0.15) is 10.5 Å². The van der Waals surface area contributed by atoms with E-state index in [0.29, 0.717) is 4.47 Å². The van der Waals surface area contributed by atoms with Crippen LogP contribution in [0.15, 0.2) is 28.9 Å². The molecule has 0 aliphatic rings. The van der Waals surface area contributed by atoms with Crippen LogP contribution in [0.2, 0.25) is 0 Å². The molecule has 0 radical (unpaired) electrons. The predicted octanol–water partition coefficient (Wildman–Crippen LogP) is 1.52. The van der Waals surface area contributed by atoms with Gasteiger partial charge in [0.05, 0.1) is 11.9 Å². The molecular formula is C11H8BrFN4O3. The minimum Gasteiger partial charge on any atom is -0.480 e. The fourth-order valence-electron chi connectivity index (χ4n) is 1.40. The Balaban J connectivity index is 2.13. The zero-order valence-corrected chi connectivity index (χ0v) is 11.5. The van der Waals surface area contributed by atoms with E-state index in [4.69, 9.17) is 5.11 Å². The maximum absolute atomic E-state index is 13.5.